The van der Waals surface area contributed by atoms with E-state index in [2.05, 4.69) is 16.9 Å². The number of nitrogens with one attached hydrogen (secondary N) is 1. The van der Waals surface area contributed by atoms with Gasteiger partial charge in [-0.05, 0) is 38.0 Å². The number of nitrogens with two attached hydrogens (primary N) is 1. The summed E-state index contributed by atoms with van der Waals surface area (Å²) >= 11 is 1.36. The first-order valence-corrected chi connectivity index (χ1v) is 10.6. The van der Waals surface area contributed by atoms with Crippen LogP contribution in [0.2, 0.25) is 0 Å². The van der Waals surface area contributed by atoms with Crippen LogP contribution in [0.5, 0.6) is 0 Å². The van der Waals surface area contributed by atoms with Gasteiger partial charge in [-0.15, -0.1) is 0 Å². The molecule has 8 heteroatoms. The third-order valence-electron chi connectivity index (χ3n) is 4.95. The molecule has 1 amide bonds. The molecule has 2 aromatic heterocycles. The number of nitrogens with zero attached hydrogens (tertiary/aromatic N) is 3. The second kappa shape index (κ2) is 8.31. The zero-order valence-electron chi connectivity index (χ0n) is 17.3. The molecular weight excluding hydrogens is 413 g/mol. The van der Waals surface area contributed by atoms with Crippen molar-refractivity contribution in [3.05, 3.63) is 71.9 Å². The van der Waals surface area contributed by atoms with Crippen molar-refractivity contribution in [1.82, 2.24) is 14.8 Å². The molecule has 0 spiro atoms. The number of halogens is 1. The van der Waals surface area contributed by atoms with E-state index in [1.165, 1.54) is 24.3 Å². The van der Waals surface area contributed by atoms with Gasteiger partial charge < -0.3 is 11.1 Å². The van der Waals surface area contributed by atoms with Crippen molar-refractivity contribution in [3.8, 4) is 16.3 Å². The monoisotopic (exact) mass is 435 g/mol. The van der Waals surface area contributed by atoms with Crippen LogP contribution >= 0.6 is 11.3 Å². The van der Waals surface area contributed by atoms with Crippen LogP contribution < -0.4 is 11.1 Å². The number of hydrogen-bond donors (Lipinski definition) is 2. The second-order valence-electron chi connectivity index (χ2n) is 7.13. The molecule has 0 fully saturated rings. The highest BCUT2D eigenvalue weighted by atomic mass is 32.1. The number of benzene rings is 1. The fourth-order valence-electron chi connectivity index (χ4n) is 3.62. The van der Waals surface area contributed by atoms with Gasteiger partial charge in [-0.25, -0.2) is 14.1 Å². The maximum atomic E-state index is 14.9. The van der Waals surface area contributed by atoms with Gasteiger partial charge in [-0.3, -0.25) is 4.79 Å². The van der Waals surface area contributed by atoms with E-state index in [4.69, 9.17) is 10.8 Å². The number of fused-ring (bicyclic) bond motifs is 3. The van der Waals surface area contributed by atoms with E-state index in [0.717, 1.165) is 33.1 Å². The normalized spacial score (nSPS) is 13.2. The Morgan fingerprint density at radius 3 is 2.87 bits per heavy atom. The van der Waals surface area contributed by atoms with Gasteiger partial charge in [0, 0.05) is 23.7 Å². The van der Waals surface area contributed by atoms with Crippen LogP contribution in [-0.4, -0.2) is 20.7 Å². The average Bonchev–Trinajstić information content (AvgIpc) is 3.29. The quantitative estimate of drug-likeness (QED) is 0.440. The Morgan fingerprint density at radius 1 is 1.39 bits per heavy atom. The summed E-state index contributed by atoms with van der Waals surface area (Å²) in [6, 6.07) is 4.55. The molecule has 2 heterocycles. The van der Waals surface area contributed by atoms with Crippen LogP contribution in [-0.2, 0) is 17.6 Å². The van der Waals surface area contributed by atoms with Crippen LogP contribution in [0, 0.1) is 5.82 Å². The van der Waals surface area contributed by atoms with Crippen LogP contribution in [0.3, 0.4) is 0 Å². The van der Waals surface area contributed by atoms with Crippen LogP contribution in [0.25, 0.3) is 21.8 Å². The fraction of sp³-hybridized carbons (Fsp3) is 0.174. The topological polar surface area (TPSA) is 85.8 Å². The lowest BCUT2D eigenvalue weighted by atomic mass is 9.94. The molecule has 0 saturated carbocycles. The lowest BCUT2D eigenvalue weighted by Gasteiger charge is -2.14. The van der Waals surface area contributed by atoms with Crippen molar-refractivity contribution in [3.63, 3.8) is 0 Å². The molecule has 3 N–H and O–H groups in total. The smallest absolute Gasteiger partial charge is 0.223 e. The Hall–Kier alpha value is -3.52. The highest BCUT2D eigenvalue weighted by molar-refractivity contribution is 7.19. The molecule has 1 aliphatic carbocycles. The van der Waals surface area contributed by atoms with Crippen molar-refractivity contribution in [1.29, 1.82) is 0 Å². The fourth-order valence-corrected chi connectivity index (χ4v) is 4.73. The lowest BCUT2D eigenvalue weighted by Crippen LogP contribution is -2.08. The SMILES string of the molecule is C=C/C(=C\C=C/C)c1nn(-c2ccc(N)cc2F)c2c1CCc1nc(NC(C)=O)sc1-2. The Bertz CT molecular complexity index is 1250. The van der Waals surface area contributed by atoms with Gasteiger partial charge in [-0.1, -0.05) is 42.2 Å². The first-order chi connectivity index (χ1) is 14.9. The van der Waals surface area contributed by atoms with E-state index >= 15 is 0 Å². The summed E-state index contributed by atoms with van der Waals surface area (Å²) < 4.78 is 16.5. The van der Waals surface area contributed by atoms with Gasteiger partial charge in [0.25, 0.3) is 0 Å². The third-order valence-corrected chi connectivity index (χ3v) is 5.97. The van der Waals surface area contributed by atoms with Gasteiger partial charge in [0.15, 0.2) is 10.9 Å². The minimum absolute atomic E-state index is 0.187. The van der Waals surface area contributed by atoms with Crippen molar-refractivity contribution >= 4 is 33.6 Å². The van der Waals surface area contributed by atoms with Gasteiger partial charge in [0.1, 0.15) is 5.69 Å². The number of anilines is 2. The molecular formula is C23H22FN5OS. The molecule has 4 rings (SSSR count). The first kappa shape index (κ1) is 20.7. The highest BCUT2D eigenvalue weighted by Crippen LogP contribution is 2.43. The minimum atomic E-state index is -0.465. The molecule has 3 aromatic rings. The number of thiazole rings is 1. The van der Waals surface area contributed by atoms with E-state index in [1.807, 2.05) is 25.2 Å². The zero-order valence-corrected chi connectivity index (χ0v) is 18.1. The van der Waals surface area contributed by atoms with Crippen molar-refractivity contribution < 1.29 is 9.18 Å². The van der Waals surface area contributed by atoms with Crippen LogP contribution in [0.1, 0.15) is 30.8 Å². The number of carbonyl (C=O) groups is 1. The molecule has 0 aliphatic heterocycles. The van der Waals surface area contributed by atoms with Gasteiger partial charge in [0.2, 0.25) is 5.91 Å². The van der Waals surface area contributed by atoms with E-state index < -0.39 is 5.82 Å². The van der Waals surface area contributed by atoms with E-state index in [0.29, 0.717) is 29.3 Å². The standard InChI is InChI=1S/C23H22FN5OS/c1-4-6-7-14(5-2)20-16-9-10-18-22(31-23(27-18)26-13(3)30)21(16)29(28-20)19-11-8-15(25)12-17(19)24/h4-8,11-12H,2,9-10,25H2,1,3H3,(H,26,27,30)/b6-4-,14-7+. The number of rotatable bonds is 5. The predicted molar refractivity (Wildman–Crippen MR) is 124 cm³/mol. The molecule has 0 radical (unpaired) electrons. The van der Waals surface area contributed by atoms with Crippen molar-refractivity contribution in [2.45, 2.75) is 26.7 Å². The molecule has 158 valence electrons. The number of nitrogen functional groups attached to an aromatic ring is 1. The molecule has 0 unspecified atom stereocenters. The number of aromatic nitrogens is 3. The summed E-state index contributed by atoms with van der Waals surface area (Å²) in [4.78, 5) is 17.0. The van der Waals surface area contributed by atoms with Crippen molar-refractivity contribution in [2.24, 2.45) is 0 Å². The predicted octanol–water partition coefficient (Wildman–Crippen LogP) is 4.92. The summed E-state index contributed by atoms with van der Waals surface area (Å²) in [6.45, 7) is 7.31. The van der Waals surface area contributed by atoms with Gasteiger partial charge in [0.05, 0.1) is 22.0 Å². The Labute approximate surface area is 183 Å². The average molecular weight is 436 g/mol. The van der Waals surface area contributed by atoms with Gasteiger partial charge in [-0.2, -0.15) is 5.10 Å². The largest absolute Gasteiger partial charge is 0.399 e. The number of hydrogen-bond acceptors (Lipinski definition) is 5. The molecule has 1 aromatic carbocycles. The van der Waals surface area contributed by atoms with E-state index in [1.54, 1.807) is 22.9 Å². The Kier molecular flexibility index (Phi) is 5.56. The molecule has 6 nitrogen and oxygen atoms in total. The molecule has 0 atom stereocenters. The first-order valence-electron chi connectivity index (χ1n) is 9.83. The van der Waals surface area contributed by atoms with E-state index in [-0.39, 0.29) is 5.91 Å². The highest BCUT2D eigenvalue weighted by Gasteiger charge is 2.30. The van der Waals surface area contributed by atoms with E-state index in [9.17, 15) is 9.18 Å². The number of carbonyl (C=O) groups excluding carboxylic acids is 1. The summed E-state index contributed by atoms with van der Waals surface area (Å²) in [6.07, 6.45) is 8.92. The molecule has 0 bridgehead atoms. The number of aryl methyl sites for hydroxylation is 1. The Balaban J connectivity index is 1.99. The maximum absolute atomic E-state index is 14.9. The number of allylic oxidation sites excluding steroid dienone is 5. The van der Waals surface area contributed by atoms with Crippen LogP contribution in [0.4, 0.5) is 15.2 Å². The Morgan fingerprint density at radius 2 is 2.19 bits per heavy atom. The number of amides is 1. The van der Waals surface area contributed by atoms with Crippen molar-refractivity contribution in [2.75, 3.05) is 11.1 Å². The summed E-state index contributed by atoms with van der Waals surface area (Å²) in [5.74, 6) is -0.651. The van der Waals surface area contributed by atoms with Gasteiger partial charge >= 0.3 is 0 Å². The summed E-state index contributed by atoms with van der Waals surface area (Å²) in [7, 11) is 0. The molecule has 0 saturated heterocycles. The van der Waals surface area contributed by atoms with Crippen LogP contribution in [0.15, 0.2) is 49.1 Å². The minimum Gasteiger partial charge on any atom is -0.399 e. The zero-order chi connectivity index (χ0) is 22.1. The summed E-state index contributed by atoms with van der Waals surface area (Å²) in [5, 5.41) is 8.07. The maximum Gasteiger partial charge on any atom is 0.223 e. The molecule has 31 heavy (non-hydrogen) atoms. The summed E-state index contributed by atoms with van der Waals surface area (Å²) in [5.41, 5.74) is 10.6. The lowest BCUT2D eigenvalue weighted by molar-refractivity contribution is -0.114. The third kappa shape index (κ3) is 3.82. The molecule has 1 aliphatic rings. The second-order valence-corrected chi connectivity index (χ2v) is 8.13.